The van der Waals surface area contributed by atoms with Crippen LogP contribution in [0.25, 0.3) is 10.9 Å². The number of amides is 1. The van der Waals surface area contributed by atoms with Crippen LogP contribution in [-0.2, 0) is 16.0 Å². The zero-order valence-corrected chi connectivity index (χ0v) is 17.5. The number of halogens is 1. The highest BCUT2D eigenvalue weighted by Crippen LogP contribution is 2.43. The van der Waals surface area contributed by atoms with Gasteiger partial charge in [0.25, 0.3) is 0 Å². The highest BCUT2D eigenvalue weighted by atomic mass is 35.5. The number of rotatable bonds is 2. The Morgan fingerprint density at radius 2 is 1.96 bits per heavy atom. The third-order valence-electron chi connectivity index (χ3n) is 4.65. The maximum absolute atomic E-state index is 12.6. The Bertz CT molecular complexity index is 967. The molecule has 0 N–H and O–H groups in total. The van der Waals surface area contributed by atoms with Crippen LogP contribution in [0.1, 0.15) is 55.2 Å². The summed E-state index contributed by atoms with van der Waals surface area (Å²) in [6.07, 6.45) is 1.26. The van der Waals surface area contributed by atoms with Crippen LogP contribution in [0.2, 0.25) is 5.02 Å². The molecule has 0 bridgehead atoms. The lowest BCUT2D eigenvalue weighted by Gasteiger charge is -2.27. The molecule has 0 spiro atoms. The average Bonchev–Trinajstić information content (AvgIpc) is 2.96. The lowest BCUT2D eigenvalue weighted by Crippen LogP contribution is -2.35. The molecule has 2 heterocycles. The topological polar surface area (TPSA) is 78.0 Å². The van der Waals surface area contributed by atoms with Gasteiger partial charge in [0.05, 0.1) is 37.3 Å². The summed E-state index contributed by atoms with van der Waals surface area (Å²) >= 11 is 6.35. The molecule has 0 unspecified atom stereocenters. The molecule has 150 valence electrons. The highest BCUT2D eigenvalue weighted by Gasteiger charge is 2.36. The van der Waals surface area contributed by atoms with Gasteiger partial charge in [0.15, 0.2) is 0 Å². The molecular formula is C20H23ClN2O5. The number of hydrogen-bond acceptors (Lipinski definition) is 6. The van der Waals surface area contributed by atoms with E-state index in [1.54, 1.807) is 17.2 Å². The van der Waals surface area contributed by atoms with Gasteiger partial charge in [0, 0.05) is 11.6 Å². The summed E-state index contributed by atoms with van der Waals surface area (Å²) < 4.78 is 15.8. The minimum atomic E-state index is -0.601. The Morgan fingerprint density at radius 1 is 1.29 bits per heavy atom. The summed E-state index contributed by atoms with van der Waals surface area (Å²) in [7, 11) is 2.76. The van der Waals surface area contributed by atoms with Crippen LogP contribution >= 0.6 is 11.6 Å². The van der Waals surface area contributed by atoms with Crippen molar-refractivity contribution in [1.82, 2.24) is 9.88 Å². The lowest BCUT2D eigenvalue weighted by molar-refractivity contribution is 0.0188. The van der Waals surface area contributed by atoms with E-state index in [0.717, 1.165) is 11.1 Å². The van der Waals surface area contributed by atoms with Crippen LogP contribution in [0.5, 0.6) is 5.75 Å². The molecule has 28 heavy (non-hydrogen) atoms. The van der Waals surface area contributed by atoms with Crippen LogP contribution < -0.4 is 4.74 Å². The first-order chi connectivity index (χ1) is 13.1. The van der Waals surface area contributed by atoms with Crippen molar-refractivity contribution in [2.45, 2.75) is 45.9 Å². The van der Waals surface area contributed by atoms with E-state index in [-0.39, 0.29) is 16.6 Å². The van der Waals surface area contributed by atoms with Crippen LogP contribution in [0.3, 0.4) is 0 Å². The van der Waals surface area contributed by atoms with Crippen LogP contribution in [-0.4, -0.2) is 41.8 Å². The predicted octanol–water partition coefficient (Wildman–Crippen LogP) is 4.50. The van der Waals surface area contributed by atoms with E-state index in [4.69, 9.17) is 25.8 Å². The Hall–Kier alpha value is -2.54. The fourth-order valence-corrected chi connectivity index (χ4v) is 3.72. The fraction of sp³-hybridized carbons (Fsp3) is 0.450. The number of pyridine rings is 1. The van der Waals surface area contributed by atoms with Gasteiger partial charge in [0.1, 0.15) is 16.9 Å². The molecule has 1 atom stereocenters. The first-order valence-corrected chi connectivity index (χ1v) is 9.22. The smallest absolute Gasteiger partial charge is 0.411 e. The molecule has 1 aromatic carbocycles. The second kappa shape index (κ2) is 7.13. The summed E-state index contributed by atoms with van der Waals surface area (Å²) in [6, 6.07) is 1.47. The molecular weight excluding hydrogens is 384 g/mol. The minimum absolute atomic E-state index is 0.143. The van der Waals surface area contributed by atoms with E-state index in [2.05, 4.69) is 4.98 Å². The van der Waals surface area contributed by atoms with Crippen molar-refractivity contribution in [3.05, 3.63) is 34.0 Å². The monoisotopic (exact) mass is 406 g/mol. The third kappa shape index (κ3) is 3.35. The number of aromatic nitrogens is 1. The maximum Gasteiger partial charge on any atom is 0.411 e. The number of carbonyl (C=O) groups is 2. The normalized spacial score (nSPS) is 16.1. The number of nitrogens with zero attached hydrogens (tertiary/aromatic N) is 2. The van der Waals surface area contributed by atoms with Gasteiger partial charge in [-0.1, -0.05) is 11.6 Å². The summed E-state index contributed by atoms with van der Waals surface area (Å²) in [5, 5.41) is 0.835. The molecule has 1 aromatic heterocycles. The molecule has 3 rings (SSSR count). The zero-order valence-electron chi connectivity index (χ0n) is 16.8. The first-order valence-electron chi connectivity index (χ1n) is 8.85. The minimum Gasteiger partial charge on any atom is -0.495 e. The molecule has 7 nitrogen and oxygen atoms in total. The highest BCUT2D eigenvalue weighted by molar-refractivity contribution is 6.36. The summed E-state index contributed by atoms with van der Waals surface area (Å²) in [6.45, 7) is 7.75. The predicted molar refractivity (Wildman–Crippen MR) is 105 cm³/mol. The van der Waals surface area contributed by atoms with E-state index in [0.29, 0.717) is 23.2 Å². The van der Waals surface area contributed by atoms with Crippen LogP contribution in [0, 0.1) is 0 Å². The van der Waals surface area contributed by atoms with Crippen LogP contribution in [0.4, 0.5) is 4.79 Å². The Labute approximate surface area is 168 Å². The number of carbonyl (C=O) groups excluding carboxylic acids is 2. The van der Waals surface area contributed by atoms with Gasteiger partial charge in [0.2, 0.25) is 0 Å². The van der Waals surface area contributed by atoms with Gasteiger partial charge in [-0.25, -0.2) is 9.59 Å². The second-order valence-electron chi connectivity index (χ2n) is 7.64. The molecule has 0 saturated carbocycles. The van der Waals surface area contributed by atoms with Gasteiger partial charge < -0.3 is 14.2 Å². The van der Waals surface area contributed by atoms with E-state index < -0.39 is 17.7 Å². The van der Waals surface area contributed by atoms with Crippen molar-refractivity contribution in [2.24, 2.45) is 0 Å². The van der Waals surface area contributed by atoms with Crippen molar-refractivity contribution in [3.63, 3.8) is 0 Å². The van der Waals surface area contributed by atoms with E-state index in [9.17, 15) is 9.59 Å². The SMILES string of the molecule is COC(=O)c1c(Cl)c(OC)cc2c3c(cnc12)CN(C(=O)OC(C)(C)C)[C@H]3C. The molecule has 0 radical (unpaired) electrons. The molecule has 1 amide bonds. The van der Waals surface area contributed by atoms with Gasteiger partial charge >= 0.3 is 12.1 Å². The van der Waals surface area contributed by atoms with Gasteiger partial charge in [-0.05, 0) is 44.9 Å². The number of fused-ring (bicyclic) bond motifs is 3. The van der Waals surface area contributed by atoms with Gasteiger partial charge in [-0.3, -0.25) is 9.88 Å². The summed E-state index contributed by atoms with van der Waals surface area (Å²) in [4.78, 5) is 31.1. The fourth-order valence-electron chi connectivity index (χ4n) is 3.42. The number of methoxy groups -OCH3 is 2. The molecule has 1 aliphatic rings. The number of benzene rings is 1. The van der Waals surface area contributed by atoms with E-state index >= 15 is 0 Å². The standard InChI is InChI=1S/C20H23ClN2O5/c1-10-14-11(9-23(10)19(25)28-20(2,3)4)8-22-17-12(14)7-13(26-5)16(21)15(17)18(24)27-6/h7-8,10H,9H2,1-6H3/t10-/m0/s1. The van der Waals surface area contributed by atoms with Crippen molar-refractivity contribution in [2.75, 3.05) is 14.2 Å². The molecule has 0 aliphatic carbocycles. The molecule has 0 fully saturated rings. The summed E-state index contributed by atoms with van der Waals surface area (Å²) in [5.41, 5.74) is 1.72. The second-order valence-corrected chi connectivity index (χ2v) is 8.01. The quantitative estimate of drug-likeness (QED) is 0.683. The Balaban J connectivity index is 2.17. The van der Waals surface area contributed by atoms with E-state index in [1.165, 1.54) is 14.2 Å². The van der Waals surface area contributed by atoms with Gasteiger partial charge in [-0.15, -0.1) is 0 Å². The zero-order chi connectivity index (χ0) is 20.8. The van der Waals surface area contributed by atoms with Crippen molar-refractivity contribution in [3.8, 4) is 5.75 Å². The number of ether oxygens (including phenoxy) is 3. The molecule has 0 saturated heterocycles. The summed E-state index contributed by atoms with van der Waals surface area (Å²) in [5.74, 6) is -0.260. The third-order valence-corrected chi connectivity index (χ3v) is 5.03. The average molecular weight is 407 g/mol. The first kappa shape index (κ1) is 20.2. The van der Waals surface area contributed by atoms with E-state index in [1.807, 2.05) is 27.7 Å². The van der Waals surface area contributed by atoms with Crippen molar-refractivity contribution in [1.29, 1.82) is 0 Å². The maximum atomic E-state index is 12.6. The number of esters is 1. The number of hydrogen-bond donors (Lipinski definition) is 0. The van der Waals surface area contributed by atoms with Gasteiger partial charge in [-0.2, -0.15) is 0 Å². The molecule has 1 aliphatic heterocycles. The lowest BCUT2D eigenvalue weighted by atomic mass is 9.98. The Kier molecular flexibility index (Phi) is 5.14. The molecule has 8 heteroatoms. The van der Waals surface area contributed by atoms with Crippen molar-refractivity contribution < 1.29 is 23.8 Å². The van der Waals surface area contributed by atoms with Crippen molar-refractivity contribution >= 4 is 34.6 Å². The largest absolute Gasteiger partial charge is 0.495 e. The Morgan fingerprint density at radius 3 is 2.54 bits per heavy atom. The molecule has 2 aromatic rings. The van der Waals surface area contributed by atoms with Crippen LogP contribution in [0.15, 0.2) is 12.3 Å².